The molecule has 0 heterocycles. The average molecular weight is 309 g/mol. The summed E-state index contributed by atoms with van der Waals surface area (Å²) >= 11 is 0. The fourth-order valence-electron chi connectivity index (χ4n) is 5.54. The molecular weight excluding hydrogens is 276 g/mol. The molecule has 4 unspecified atom stereocenters. The molecule has 3 aliphatic carbocycles. The Balaban J connectivity index is 0.000000753. The van der Waals surface area contributed by atoms with Crippen LogP contribution in [0, 0.1) is 24.2 Å². The van der Waals surface area contributed by atoms with Crippen LogP contribution in [0.1, 0.15) is 76.0 Å². The van der Waals surface area contributed by atoms with Crippen LogP contribution in [0.25, 0.3) is 6.08 Å². The zero-order valence-corrected chi connectivity index (χ0v) is 15.5. The first-order chi connectivity index (χ1) is 11.1. The minimum absolute atomic E-state index is 0.475. The van der Waals surface area contributed by atoms with Crippen LogP contribution in [-0.2, 0) is 0 Å². The number of rotatable bonds is 0. The van der Waals surface area contributed by atoms with E-state index in [1.807, 2.05) is 13.8 Å². The average Bonchev–Trinajstić information content (AvgIpc) is 2.92. The van der Waals surface area contributed by atoms with Gasteiger partial charge < -0.3 is 0 Å². The number of hydrogen-bond acceptors (Lipinski definition) is 0. The van der Waals surface area contributed by atoms with Crippen molar-refractivity contribution in [2.75, 3.05) is 0 Å². The van der Waals surface area contributed by atoms with Gasteiger partial charge in [-0.05, 0) is 73.8 Å². The van der Waals surface area contributed by atoms with Crippen LogP contribution in [0.5, 0.6) is 0 Å². The van der Waals surface area contributed by atoms with Crippen molar-refractivity contribution in [1.29, 1.82) is 0 Å². The molecule has 0 aliphatic heterocycles. The Morgan fingerprint density at radius 3 is 2.70 bits per heavy atom. The molecule has 4 rings (SSSR count). The van der Waals surface area contributed by atoms with E-state index in [2.05, 4.69) is 57.2 Å². The molecular formula is C23H32. The van der Waals surface area contributed by atoms with E-state index in [1.54, 1.807) is 11.1 Å². The van der Waals surface area contributed by atoms with Crippen LogP contribution in [0.3, 0.4) is 0 Å². The monoisotopic (exact) mass is 308 g/mol. The summed E-state index contributed by atoms with van der Waals surface area (Å²) in [6, 6.07) is 7.07. The quantitative estimate of drug-likeness (QED) is 0.457. The summed E-state index contributed by atoms with van der Waals surface area (Å²) in [5, 5.41) is 0. The van der Waals surface area contributed by atoms with E-state index in [0.29, 0.717) is 5.41 Å². The van der Waals surface area contributed by atoms with E-state index in [9.17, 15) is 0 Å². The number of benzene rings is 1. The van der Waals surface area contributed by atoms with Crippen LogP contribution < -0.4 is 0 Å². The maximum absolute atomic E-state index is 2.55. The molecule has 0 N–H and O–H groups in total. The Morgan fingerprint density at radius 2 is 1.96 bits per heavy atom. The van der Waals surface area contributed by atoms with E-state index in [-0.39, 0.29) is 0 Å². The van der Waals surface area contributed by atoms with Crippen LogP contribution in [0.2, 0.25) is 0 Å². The largest absolute Gasteiger partial charge is 0.0879 e. The molecule has 124 valence electrons. The normalized spacial score (nSPS) is 35.9. The van der Waals surface area contributed by atoms with Gasteiger partial charge in [0.05, 0.1) is 0 Å². The third-order valence-electron chi connectivity index (χ3n) is 6.67. The van der Waals surface area contributed by atoms with Gasteiger partial charge in [0.25, 0.3) is 0 Å². The second-order valence-corrected chi connectivity index (χ2v) is 7.59. The maximum Gasteiger partial charge on any atom is -0.00821 e. The zero-order valence-electron chi connectivity index (χ0n) is 15.5. The van der Waals surface area contributed by atoms with Crippen molar-refractivity contribution >= 4 is 6.08 Å². The minimum Gasteiger partial charge on any atom is -0.0879 e. The Hall–Kier alpha value is -1.30. The molecule has 0 spiro atoms. The second kappa shape index (κ2) is 6.30. The molecule has 0 amide bonds. The number of fused-ring (bicyclic) bond motifs is 5. The first-order valence-electron chi connectivity index (χ1n) is 9.58. The number of hydrogen-bond donors (Lipinski definition) is 0. The van der Waals surface area contributed by atoms with Gasteiger partial charge >= 0.3 is 0 Å². The second-order valence-electron chi connectivity index (χ2n) is 7.59. The van der Waals surface area contributed by atoms with Crippen molar-refractivity contribution in [3.63, 3.8) is 0 Å². The van der Waals surface area contributed by atoms with Gasteiger partial charge in [0.1, 0.15) is 0 Å². The van der Waals surface area contributed by atoms with Gasteiger partial charge in [-0.3, -0.25) is 0 Å². The molecule has 2 saturated carbocycles. The zero-order chi connectivity index (χ0) is 16.6. The molecule has 1 aromatic rings. The molecule has 0 saturated heterocycles. The summed E-state index contributed by atoms with van der Waals surface area (Å²) in [5.41, 5.74) is 6.68. The molecule has 3 aliphatic rings. The van der Waals surface area contributed by atoms with Crippen LogP contribution in [-0.4, -0.2) is 0 Å². The highest BCUT2D eigenvalue weighted by Gasteiger charge is 2.51. The molecule has 1 aromatic carbocycles. The van der Waals surface area contributed by atoms with Crippen molar-refractivity contribution in [2.24, 2.45) is 17.3 Å². The fraction of sp³-hybridized carbons (Fsp3) is 0.565. The summed E-state index contributed by atoms with van der Waals surface area (Å²) in [6.45, 7) is 11.0. The molecule has 0 radical (unpaired) electrons. The summed E-state index contributed by atoms with van der Waals surface area (Å²) in [4.78, 5) is 0. The first kappa shape index (κ1) is 16.6. The summed E-state index contributed by atoms with van der Waals surface area (Å²) < 4.78 is 0. The molecule has 0 nitrogen and oxygen atoms in total. The lowest BCUT2D eigenvalue weighted by atomic mass is 9.56. The van der Waals surface area contributed by atoms with Gasteiger partial charge in [0.15, 0.2) is 0 Å². The van der Waals surface area contributed by atoms with E-state index in [1.165, 1.54) is 36.8 Å². The van der Waals surface area contributed by atoms with Gasteiger partial charge in [0, 0.05) is 0 Å². The van der Waals surface area contributed by atoms with Crippen molar-refractivity contribution in [3.8, 4) is 0 Å². The predicted octanol–water partition coefficient (Wildman–Crippen LogP) is 6.90. The van der Waals surface area contributed by atoms with E-state index < -0.39 is 0 Å². The summed E-state index contributed by atoms with van der Waals surface area (Å²) in [7, 11) is 0. The van der Waals surface area contributed by atoms with Crippen molar-refractivity contribution in [1.82, 2.24) is 0 Å². The third kappa shape index (κ3) is 2.51. The SMILES string of the molecule is C/C=C1/CCC2C3C=Cc4cc(C)ccc4C3CCC12C.CC. The highest BCUT2D eigenvalue weighted by molar-refractivity contribution is 5.60. The topological polar surface area (TPSA) is 0 Å². The molecule has 23 heavy (non-hydrogen) atoms. The highest BCUT2D eigenvalue weighted by atomic mass is 14.5. The lowest BCUT2D eigenvalue weighted by molar-refractivity contribution is 0.121. The first-order valence-corrected chi connectivity index (χ1v) is 9.58. The van der Waals surface area contributed by atoms with E-state index >= 15 is 0 Å². The van der Waals surface area contributed by atoms with Gasteiger partial charge in [-0.25, -0.2) is 0 Å². The lowest BCUT2D eigenvalue weighted by Crippen LogP contribution is -2.38. The smallest absolute Gasteiger partial charge is 0.00821 e. The van der Waals surface area contributed by atoms with Gasteiger partial charge in [-0.1, -0.05) is 68.3 Å². The minimum atomic E-state index is 0.475. The third-order valence-corrected chi connectivity index (χ3v) is 6.67. The lowest BCUT2D eigenvalue weighted by Gasteiger charge is -2.47. The van der Waals surface area contributed by atoms with E-state index in [4.69, 9.17) is 0 Å². The molecule has 2 fully saturated rings. The fourth-order valence-corrected chi connectivity index (χ4v) is 5.54. The predicted molar refractivity (Wildman–Crippen MR) is 102 cm³/mol. The molecule has 0 aromatic heterocycles. The Kier molecular flexibility index (Phi) is 4.54. The van der Waals surface area contributed by atoms with E-state index in [0.717, 1.165) is 17.8 Å². The van der Waals surface area contributed by atoms with Crippen molar-refractivity contribution in [2.45, 2.75) is 66.2 Å². The highest BCUT2D eigenvalue weighted by Crippen LogP contribution is 2.61. The Labute approximate surface area is 142 Å². The standard InChI is InChI=1S/C21H26.C2H6/c1-4-16-7-10-20-19-9-6-15-13-14(2)5-8-17(15)18(19)11-12-21(16,20)3;1-2/h4-6,8-9,13,18-20H,7,10-12H2,1-3H3;1-2H3/b16-4-;. The molecule has 0 heteroatoms. The maximum atomic E-state index is 2.55. The van der Waals surface area contributed by atoms with Crippen molar-refractivity contribution < 1.29 is 0 Å². The number of aryl methyl sites for hydroxylation is 1. The Bertz CT molecular complexity index is 633. The summed E-state index contributed by atoms with van der Waals surface area (Å²) in [5.74, 6) is 2.38. The molecule has 4 atom stereocenters. The van der Waals surface area contributed by atoms with Crippen LogP contribution >= 0.6 is 0 Å². The van der Waals surface area contributed by atoms with Gasteiger partial charge in [-0.15, -0.1) is 0 Å². The van der Waals surface area contributed by atoms with Crippen molar-refractivity contribution in [3.05, 3.63) is 52.6 Å². The molecule has 0 bridgehead atoms. The van der Waals surface area contributed by atoms with Gasteiger partial charge in [-0.2, -0.15) is 0 Å². The number of allylic oxidation sites excluding steroid dienone is 3. The van der Waals surface area contributed by atoms with Crippen LogP contribution in [0.4, 0.5) is 0 Å². The van der Waals surface area contributed by atoms with Crippen LogP contribution in [0.15, 0.2) is 35.9 Å². The van der Waals surface area contributed by atoms with Gasteiger partial charge in [0.2, 0.25) is 0 Å². The Morgan fingerprint density at radius 1 is 1.17 bits per heavy atom. The summed E-state index contributed by atoms with van der Waals surface area (Å²) in [6.07, 6.45) is 12.8.